The number of benzene rings is 2. The summed E-state index contributed by atoms with van der Waals surface area (Å²) in [5, 5.41) is 3.89. The second-order valence-corrected chi connectivity index (χ2v) is 8.74. The summed E-state index contributed by atoms with van der Waals surface area (Å²) in [5.41, 5.74) is 4.08. The SMILES string of the molecule is Cc1ccc(S(=O)(=O)N2CCC[C@@H](C(=O)N/N=C\c3ccc(F)cc3)C2)cc1. The second kappa shape index (κ2) is 8.62. The van der Waals surface area contributed by atoms with Crippen molar-refractivity contribution in [3.8, 4) is 0 Å². The third-order valence-corrected chi connectivity index (χ3v) is 6.55. The molecule has 1 aliphatic rings. The molecular weight excluding hydrogens is 381 g/mol. The van der Waals surface area contributed by atoms with Gasteiger partial charge in [0.25, 0.3) is 0 Å². The number of amides is 1. The molecule has 28 heavy (non-hydrogen) atoms. The molecule has 1 amide bonds. The van der Waals surface area contributed by atoms with E-state index >= 15 is 0 Å². The third-order valence-electron chi connectivity index (χ3n) is 4.67. The van der Waals surface area contributed by atoms with E-state index in [0.717, 1.165) is 5.56 Å². The zero-order valence-electron chi connectivity index (χ0n) is 15.5. The van der Waals surface area contributed by atoms with Gasteiger partial charge in [0.1, 0.15) is 5.82 Å². The summed E-state index contributed by atoms with van der Waals surface area (Å²) in [4.78, 5) is 12.6. The van der Waals surface area contributed by atoms with E-state index in [1.165, 1.54) is 22.7 Å². The summed E-state index contributed by atoms with van der Waals surface area (Å²) in [6.07, 6.45) is 2.61. The Hall–Kier alpha value is -2.58. The van der Waals surface area contributed by atoms with Crippen LogP contribution in [-0.2, 0) is 14.8 Å². The molecule has 1 heterocycles. The normalized spacial score (nSPS) is 18.3. The molecular formula is C20H22FN3O3S. The van der Waals surface area contributed by atoms with E-state index in [1.54, 1.807) is 36.4 Å². The number of nitrogens with one attached hydrogen (secondary N) is 1. The molecule has 1 atom stereocenters. The fourth-order valence-corrected chi connectivity index (χ4v) is 4.57. The van der Waals surface area contributed by atoms with Crippen molar-refractivity contribution in [3.63, 3.8) is 0 Å². The summed E-state index contributed by atoms with van der Waals surface area (Å²) >= 11 is 0. The van der Waals surface area contributed by atoms with Gasteiger partial charge in [-0.15, -0.1) is 0 Å². The standard InChI is InChI=1S/C20H22FN3O3S/c1-15-4-10-19(11-5-15)28(26,27)24-12-2-3-17(14-24)20(25)23-22-13-16-6-8-18(21)9-7-16/h4-11,13,17H,2-3,12,14H2,1H3,(H,23,25)/b22-13-/t17-/m1/s1. The lowest BCUT2D eigenvalue weighted by Crippen LogP contribution is -2.44. The number of carbonyl (C=O) groups is 1. The Labute approximate surface area is 164 Å². The lowest BCUT2D eigenvalue weighted by molar-refractivity contribution is -0.126. The van der Waals surface area contributed by atoms with Crippen LogP contribution < -0.4 is 5.43 Å². The molecule has 0 saturated carbocycles. The van der Waals surface area contributed by atoms with Crippen LogP contribution in [0.1, 0.15) is 24.0 Å². The molecule has 1 aliphatic heterocycles. The highest BCUT2D eigenvalue weighted by Crippen LogP contribution is 2.24. The van der Waals surface area contributed by atoms with Crippen LogP contribution in [0.3, 0.4) is 0 Å². The van der Waals surface area contributed by atoms with E-state index in [4.69, 9.17) is 0 Å². The van der Waals surface area contributed by atoms with Crippen LogP contribution in [0.4, 0.5) is 4.39 Å². The number of piperidine rings is 1. The first-order chi connectivity index (χ1) is 13.4. The maximum absolute atomic E-state index is 12.9. The average Bonchev–Trinajstić information content (AvgIpc) is 2.70. The Morgan fingerprint density at radius 2 is 1.86 bits per heavy atom. The van der Waals surface area contributed by atoms with Crippen LogP contribution in [0.5, 0.6) is 0 Å². The number of hydrogen-bond acceptors (Lipinski definition) is 4. The molecule has 148 valence electrons. The molecule has 2 aromatic carbocycles. The molecule has 8 heteroatoms. The van der Waals surface area contributed by atoms with Gasteiger partial charge in [0.05, 0.1) is 17.0 Å². The van der Waals surface area contributed by atoms with Gasteiger partial charge in [-0.2, -0.15) is 9.41 Å². The Kier molecular flexibility index (Phi) is 6.21. The van der Waals surface area contributed by atoms with Crippen LogP contribution in [0.2, 0.25) is 0 Å². The van der Waals surface area contributed by atoms with Gasteiger partial charge >= 0.3 is 0 Å². The van der Waals surface area contributed by atoms with Gasteiger partial charge < -0.3 is 0 Å². The van der Waals surface area contributed by atoms with Crippen LogP contribution in [-0.4, -0.2) is 37.9 Å². The van der Waals surface area contributed by atoms with Gasteiger partial charge in [-0.1, -0.05) is 29.8 Å². The number of rotatable bonds is 5. The van der Waals surface area contributed by atoms with Crippen LogP contribution >= 0.6 is 0 Å². The van der Waals surface area contributed by atoms with Crippen molar-refractivity contribution in [2.24, 2.45) is 11.0 Å². The van der Waals surface area contributed by atoms with E-state index in [1.807, 2.05) is 6.92 Å². The van der Waals surface area contributed by atoms with Crippen LogP contribution in [0.15, 0.2) is 58.5 Å². The molecule has 0 unspecified atom stereocenters. The largest absolute Gasteiger partial charge is 0.273 e. The number of sulfonamides is 1. The summed E-state index contributed by atoms with van der Waals surface area (Å²) < 4.78 is 39.9. The third kappa shape index (κ3) is 4.82. The Balaban J connectivity index is 1.63. The summed E-state index contributed by atoms with van der Waals surface area (Å²) in [7, 11) is -3.63. The lowest BCUT2D eigenvalue weighted by Gasteiger charge is -2.30. The van der Waals surface area contributed by atoms with Gasteiger partial charge in [-0.3, -0.25) is 4.79 Å². The van der Waals surface area contributed by atoms with E-state index in [9.17, 15) is 17.6 Å². The number of aryl methyl sites for hydroxylation is 1. The number of hydrazone groups is 1. The van der Waals surface area contributed by atoms with E-state index in [-0.39, 0.29) is 23.2 Å². The van der Waals surface area contributed by atoms with Gasteiger partial charge in [0.15, 0.2) is 0 Å². The molecule has 1 N–H and O–H groups in total. The molecule has 1 saturated heterocycles. The Bertz CT molecular complexity index is 957. The number of hydrogen-bond donors (Lipinski definition) is 1. The fourth-order valence-electron chi connectivity index (χ4n) is 3.04. The molecule has 0 spiro atoms. The lowest BCUT2D eigenvalue weighted by atomic mass is 9.99. The Morgan fingerprint density at radius 3 is 2.54 bits per heavy atom. The van der Waals surface area contributed by atoms with Crippen molar-refractivity contribution in [2.75, 3.05) is 13.1 Å². The van der Waals surface area contributed by atoms with E-state index in [0.29, 0.717) is 24.9 Å². The first kappa shape index (κ1) is 20.2. The summed E-state index contributed by atoms with van der Waals surface area (Å²) in [6, 6.07) is 12.4. The fraction of sp³-hybridized carbons (Fsp3) is 0.300. The zero-order valence-corrected chi connectivity index (χ0v) is 16.3. The molecule has 0 radical (unpaired) electrons. The van der Waals surface area contributed by atoms with Gasteiger partial charge in [-0.25, -0.2) is 18.2 Å². The minimum absolute atomic E-state index is 0.119. The monoisotopic (exact) mass is 403 g/mol. The molecule has 0 aromatic heterocycles. The highest BCUT2D eigenvalue weighted by molar-refractivity contribution is 7.89. The molecule has 0 bridgehead atoms. The summed E-state index contributed by atoms with van der Waals surface area (Å²) in [6.45, 7) is 2.40. The highest BCUT2D eigenvalue weighted by Gasteiger charge is 2.33. The maximum atomic E-state index is 12.9. The van der Waals surface area contributed by atoms with Crippen LogP contribution in [0, 0.1) is 18.7 Å². The Morgan fingerprint density at radius 1 is 1.18 bits per heavy atom. The quantitative estimate of drug-likeness (QED) is 0.616. The van der Waals surface area contributed by atoms with Crippen molar-refractivity contribution in [3.05, 3.63) is 65.5 Å². The highest BCUT2D eigenvalue weighted by atomic mass is 32.2. The second-order valence-electron chi connectivity index (χ2n) is 6.80. The van der Waals surface area contributed by atoms with Crippen molar-refractivity contribution < 1.29 is 17.6 Å². The molecule has 6 nitrogen and oxygen atoms in total. The minimum Gasteiger partial charge on any atom is -0.273 e. The smallest absolute Gasteiger partial charge is 0.244 e. The van der Waals surface area contributed by atoms with Crippen molar-refractivity contribution in [1.82, 2.24) is 9.73 Å². The maximum Gasteiger partial charge on any atom is 0.244 e. The molecule has 2 aromatic rings. The number of halogens is 1. The molecule has 0 aliphatic carbocycles. The van der Waals surface area contributed by atoms with Crippen molar-refractivity contribution in [1.29, 1.82) is 0 Å². The van der Waals surface area contributed by atoms with Crippen molar-refractivity contribution >= 4 is 22.1 Å². The minimum atomic E-state index is -3.63. The zero-order chi connectivity index (χ0) is 20.1. The molecule has 1 fully saturated rings. The summed E-state index contributed by atoms with van der Waals surface area (Å²) in [5.74, 6) is -1.15. The van der Waals surface area contributed by atoms with E-state index in [2.05, 4.69) is 10.5 Å². The van der Waals surface area contributed by atoms with E-state index < -0.39 is 15.9 Å². The van der Waals surface area contributed by atoms with Gasteiger partial charge in [-0.05, 0) is 49.6 Å². The predicted molar refractivity (Wildman–Crippen MR) is 105 cm³/mol. The number of nitrogens with zero attached hydrogens (tertiary/aromatic N) is 2. The van der Waals surface area contributed by atoms with Crippen molar-refractivity contribution in [2.45, 2.75) is 24.7 Å². The van der Waals surface area contributed by atoms with Gasteiger partial charge in [0, 0.05) is 13.1 Å². The van der Waals surface area contributed by atoms with Crippen LogP contribution in [0.25, 0.3) is 0 Å². The first-order valence-corrected chi connectivity index (χ1v) is 10.5. The first-order valence-electron chi connectivity index (χ1n) is 9.01. The predicted octanol–water partition coefficient (Wildman–Crippen LogP) is 2.69. The van der Waals surface area contributed by atoms with Gasteiger partial charge in [0.2, 0.25) is 15.9 Å². The topological polar surface area (TPSA) is 78.8 Å². The molecule has 3 rings (SSSR count). The average molecular weight is 403 g/mol. The number of carbonyl (C=O) groups excluding carboxylic acids is 1.